The van der Waals surface area contributed by atoms with Gasteiger partial charge in [0.05, 0.1) is 5.54 Å². The number of nitrogens with zero attached hydrogens (tertiary/aromatic N) is 1. The second-order valence-corrected chi connectivity index (χ2v) is 7.11. The fraction of sp³-hybridized carbons (Fsp3) is 0.350. The number of hydrogen-bond donors (Lipinski definition) is 0. The van der Waals surface area contributed by atoms with E-state index in [0.717, 1.165) is 12.1 Å². The molecule has 0 saturated heterocycles. The van der Waals surface area contributed by atoms with E-state index in [2.05, 4.69) is 63.2 Å². The van der Waals surface area contributed by atoms with Crippen molar-refractivity contribution in [3.8, 4) is 0 Å². The summed E-state index contributed by atoms with van der Waals surface area (Å²) in [5, 5.41) is 0. The summed E-state index contributed by atoms with van der Waals surface area (Å²) >= 11 is 0. The monoisotopic (exact) mass is 291 g/mol. The maximum absolute atomic E-state index is 12.5. The van der Waals surface area contributed by atoms with E-state index >= 15 is 0 Å². The topological polar surface area (TPSA) is 20.3 Å². The molecule has 0 saturated carbocycles. The van der Waals surface area contributed by atoms with Gasteiger partial charge in [-0.3, -0.25) is 4.79 Å². The van der Waals surface area contributed by atoms with Crippen molar-refractivity contribution in [3.63, 3.8) is 0 Å². The third-order valence-corrected chi connectivity index (χ3v) is 5.91. The number of anilines is 1. The van der Waals surface area contributed by atoms with Crippen LogP contribution in [0.15, 0.2) is 42.5 Å². The van der Waals surface area contributed by atoms with Crippen molar-refractivity contribution in [2.45, 2.75) is 45.1 Å². The highest BCUT2D eigenvalue weighted by Gasteiger charge is 2.62. The number of aryl methyl sites for hydroxylation is 1. The molecule has 0 N–H and O–H groups in total. The van der Waals surface area contributed by atoms with Crippen LogP contribution >= 0.6 is 0 Å². The molecule has 0 spiro atoms. The van der Waals surface area contributed by atoms with Gasteiger partial charge in [0.25, 0.3) is 0 Å². The van der Waals surface area contributed by atoms with E-state index in [1.165, 1.54) is 22.3 Å². The maximum atomic E-state index is 12.5. The minimum absolute atomic E-state index is 0.0658. The predicted molar refractivity (Wildman–Crippen MR) is 89.2 cm³/mol. The van der Waals surface area contributed by atoms with Crippen LogP contribution in [0.4, 0.5) is 5.69 Å². The lowest BCUT2D eigenvalue weighted by molar-refractivity contribution is -0.118. The minimum Gasteiger partial charge on any atom is -0.301 e. The zero-order valence-corrected chi connectivity index (χ0v) is 13.6. The number of carbonyl (C=O) groups excluding carboxylic acids is 1. The van der Waals surface area contributed by atoms with Gasteiger partial charge in [-0.15, -0.1) is 0 Å². The first-order valence-corrected chi connectivity index (χ1v) is 7.90. The summed E-state index contributed by atoms with van der Waals surface area (Å²) in [6.45, 7) is 8.35. The molecule has 2 aromatic rings. The summed E-state index contributed by atoms with van der Waals surface area (Å²) in [4.78, 5) is 14.5. The van der Waals surface area contributed by atoms with Crippen LogP contribution in [-0.2, 0) is 22.2 Å². The number of rotatable bonds is 0. The van der Waals surface area contributed by atoms with Crippen molar-refractivity contribution in [2.75, 3.05) is 4.90 Å². The van der Waals surface area contributed by atoms with Crippen molar-refractivity contribution < 1.29 is 4.79 Å². The highest BCUT2D eigenvalue weighted by Crippen LogP contribution is 2.62. The fourth-order valence-electron chi connectivity index (χ4n) is 4.74. The molecular weight excluding hydrogens is 270 g/mol. The van der Waals surface area contributed by atoms with Crippen LogP contribution in [0.3, 0.4) is 0 Å². The van der Waals surface area contributed by atoms with E-state index in [4.69, 9.17) is 0 Å². The number of hydrogen-bond acceptors (Lipinski definition) is 1. The molecule has 2 aromatic carbocycles. The zero-order valence-electron chi connectivity index (χ0n) is 13.6. The van der Waals surface area contributed by atoms with Gasteiger partial charge in [-0.2, -0.15) is 0 Å². The molecule has 112 valence electrons. The van der Waals surface area contributed by atoms with Crippen LogP contribution in [-0.4, -0.2) is 5.91 Å². The van der Waals surface area contributed by atoms with Gasteiger partial charge in [-0.1, -0.05) is 48.9 Å². The van der Waals surface area contributed by atoms with E-state index in [1.54, 1.807) is 6.92 Å². The lowest BCUT2D eigenvalue weighted by Crippen LogP contribution is -2.51. The van der Waals surface area contributed by atoms with Crippen molar-refractivity contribution in [1.82, 2.24) is 0 Å². The Balaban J connectivity index is 2.08. The quantitative estimate of drug-likeness (QED) is 0.716. The molecule has 1 aliphatic heterocycles. The number of benzene rings is 2. The van der Waals surface area contributed by atoms with E-state index in [-0.39, 0.29) is 16.9 Å². The molecule has 2 heteroatoms. The van der Waals surface area contributed by atoms with Crippen molar-refractivity contribution >= 4 is 11.6 Å². The Labute approximate surface area is 131 Å². The molecule has 2 aliphatic rings. The Morgan fingerprint density at radius 2 is 1.82 bits per heavy atom. The highest BCUT2D eigenvalue weighted by atomic mass is 16.2. The molecule has 4 rings (SSSR count). The van der Waals surface area contributed by atoms with Crippen molar-refractivity contribution in [3.05, 3.63) is 64.7 Å². The molecule has 0 fully saturated rings. The molecule has 0 aromatic heterocycles. The van der Waals surface area contributed by atoms with Crippen LogP contribution in [0.2, 0.25) is 0 Å². The summed E-state index contributed by atoms with van der Waals surface area (Å²) in [7, 11) is 0. The normalized spacial score (nSPS) is 28.3. The molecule has 1 heterocycles. The molecule has 2 nitrogen and oxygen atoms in total. The third kappa shape index (κ3) is 1.34. The van der Waals surface area contributed by atoms with Gasteiger partial charge in [0.1, 0.15) is 0 Å². The molecule has 0 radical (unpaired) electrons. The fourth-order valence-corrected chi connectivity index (χ4v) is 4.74. The SMILES string of the molecule is CC(=O)N1c2ccc(C)cc2C2(C)Cc3ccccc3C12C. The summed E-state index contributed by atoms with van der Waals surface area (Å²) < 4.78 is 0. The molecule has 2 atom stereocenters. The first-order valence-electron chi connectivity index (χ1n) is 7.90. The lowest BCUT2D eigenvalue weighted by atomic mass is 9.70. The second-order valence-electron chi connectivity index (χ2n) is 7.11. The van der Waals surface area contributed by atoms with E-state index in [0.29, 0.717) is 0 Å². The smallest absolute Gasteiger partial charge is 0.224 e. The van der Waals surface area contributed by atoms with Gasteiger partial charge in [0.15, 0.2) is 0 Å². The highest BCUT2D eigenvalue weighted by molar-refractivity contribution is 5.98. The zero-order chi connectivity index (χ0) is 15.7. The molecule has 1 amide bonds. The second kappa shape index (κ2) is 4.01. The van der Waals surface area contributed by atoms with Crippen LogP contribution in [0, 0.1) is 6.92 Å². The van der Waals surface area contributed by atoms with Gasteiger partial charge >= 0.3 is 0 Å². The Hall–Kier alpha value is -2.09. The summed E-state index contributed by atoms with van der Waals surface area (Å²) in [6.07, 6.45) is 0.986. The number of fused-ring (bicyclic) bond motifs is 5. The van der Waals surface area contributed by atoms with Crippen LogP contribution in [0.5, 0.6) is 0 Å². The van der Waals surface area contributed by atoms with Gasteiger partial charge < -0.3 is 4.90 Å². The van der Waals surface area contributed by atoms with Crippen LogP contribution in [0.1, 0.15) is 43.0 Å². The summed E-state index contributed by atoms with van der Waals surface area (Å²) in [6, 6.07) is 15.1. The third-order valence-electron chi connectivity index (χ3n) is 5.91. The van der Waals surface area contributed by atoms with Crippen molar-refractivity contribution in [1.29, 1.82) is 0 Å². The van der Waals surface area contributed by atoms with Crippen LogP contribution in [0.25, 0.3) is 0 Å². The Morgan fingerprint density at radius 1 is 1.09 bits per heavy atom. The van der Waals surface area contributed by atoms with Gasteiger partial charge in [-0.25, -0.2) is 0 Å². The molecule has 2 unspecified atom stereocenters. The predicted octanol–water partition coefficient (Wildman–Crippen LogP) is 4.09. The average Bonchev–Trinajstić information content (AvgIpc) is 2.81. The molecule has 0 bridgehead atoms. The Morgan fingerprint density at radius 3 is 2.55 bits per heavy atom. The van der Waals surface area contributed by atoms with E-state index < -0.39 is 0 Å². The summed E-state index contributed by atoms with van der Waals surface area (Å²) in [5.41, 5.74) is 5.94. The van der Waals surface area contributed by atoms with E-state index in [9.17, 15) is 4.79 Å². The first-order chi connectivity index (χ1) is 10.4. The number of carbonyl (C=O) groups is 1. The lowest BCUT2D eigenvalue weighted by Gasteiger charge is -2.41. The Bertz CT molecular complexity index is 809. The molecule has 22 heavy (non-hydrogen) atoms. The minimum atomic E-state index is -0.300. The molecular formula is C20H21NO. The van der Waals surface area contributed by atoms with E-state index in [1.807, 2.05) is 4.90 Å². The van der Waals surface area contributed by atoms with Gasteiger partial charge in [-0.05, 0) is 43.0 Å². The largest absolute Gasteiger partial charge is 0.301 e. The van der Waals surface area contributed by atoms with Gasteiger partial charge in [0.2, 0.25) is 5.91 Å². The number of amides is 1. The van der Waals surface area contributed by atoms with Crippen LogP contribution < -0.4 is 4.90 Å². The Kier molecular flexibility index (Phi) is 2.47. The maximum Gasteiger partial charge on any atom is 0.224 e. The van der Waals surface area contributed by atoms with Gasteiger partial charge in [0, 0.05) is 18.0 Å². The summed E-state index contributed by atoms with van der Waals surface area (Å²) in [5.74, 6) is 0.119. The standard InChI is InChI=1S/C20H21NO/c1-13-9-10-18-17(11-13)19(3)12-15-7-5-6-8-16(15)20(19,4)21(18)14(2)22/h5-11H,12H2,1-4H3. The molecule has 1 aliphatic carbocycles. The van der Waals surface area contributed by atoms with Crippen molar-refractivity contribution in [2.24, 2.45) is 0 Å². The first kappa shape index (κ1) is 13.6. The average molecular weight is 291 g/mol.